The quantitative estimate of drug-likeness (QED) is 0.831. The van der Waals surface area contributed by atoms with Crippen LogP contribution < -0.4 is 10.6 Å². The smallest absolute Gasteiger partial charge is 0.251 e. The highest BCUT2D eigenvalue weighted by molar-refractivity contribution is 6.29. The van der Waals surface area contributed by atoms with Crippen LogP contribution in [-0.2, 0) is 4.74 Å². The minimum atomic E-state index is -0.157. The van der Waals surface area contributed by atoms with Crippen LogP contribution in [-0.4, -0.2) is 37.2 Å². The Hall–Kier alpha value is -1.33. The molecule has 0 aromatic carbocycles. The molecule has 1 atom stereocenters. The Balaban J connectivity index is 1.93. The van der Waals surface area contributed by atoms with Gasteiger partial charge >= 0.3 is 0 Å². The van der Waals surface area contributed by atoms with E-state index in [1.807, 2.05) is 0 Å². The van der Waals surface area contributed by atoms with E-state index in [2.05, 4.69) is 15.6 Å². The van der Waals surface area contributed by atoms with Gasteiger partial charge in [0.05, 0.1) is 6.10 Å². The van der Waals surface area contributed by atoms with Crippen molar-refractivity contribution in [3.63, 3.8) is 0 Å². The molecule has 104 valence electrons. The summed E-state index contributed by atoms with van der Waals surface area (Å²) in [7, 11) is 1.73. The summed E-state index contributed by atoms with van der Waals surface area (Å²) < 4.78 is 5.57. The second-order valence-corrected chi connectivity index (χ2v) is 4.90. The maximum atomic E-state index is 12.0. The number of carbonyl (C=O) groups excluding carboxylic acids is 1. The Morgan fingerprint density at radius 3 is 3.05 bits per heavy atom. The van der Waals surface area contributed by atoms with Gasteiger partial charge in [0.15, 0.2) is 0 Å². The maximum absolute atomic E-state index is 12.0. The highest BCUT2D eigenvalue weighted by atomic mass is 35.5. The van der Waals surface area contributed by atoms with Gasteiger partial charge in [-0.15, -0.1) is 0 Å². The van der Waals surface area contributed by atoms with Crippen LogP contribution in [0.4, 0.5) is 5.82 Å². The first-order valence-corrected chi connectivity index (χ1v) is 6.82. The van der Waals surface area contributed by atoms with E-state index in [-0.39, 0.29) is 12.0 Å². The standard InChI is InChI=1S/C13H18ClN3O2/c1-15-12-7-9(6-11(14)17-12)13(18)16-8-10-4-2-3-5-19-10/h6-7,10H,2-5,8H2,1H3,(H,15,17)(H,16,18). The minimum absolute atomic E-state index is 0.124. The van der Waals surface area contributed by atoms with Crippen LogP contribution in [0.1, 0.15) is 29.6 Å². The fourth-order valence-corrected chi connectivity index (χ4v) is 2.24. The SMILES string of the molecule is CNc1cc(C(=O)NCC2CCCCO2)cc(Cl)n1. The lowest BCUT2D eigenvalue weighted by Gasteiger charge is -2.22. The molecule has 2 rings (SSSR count). The molecule has 1 aromatic heterocycles. The summed E-state index contributed by atoms with van der Waals surface area (Å²) in [5.74, 6) is 0.418. The molecule has 6 heteroatoms. The summed E-state index contributed by atoms with van der Waals surface area (Å²) in [6, 6.07) is 3.22. The summed E-state index contributed by atoms with van der Waals surface area (Å²) in [6.45, 7) is 1.32. The summed E-state index contributed by atoms with van der Waals surface area (Å²) in [6.07, 6.45) is 3.39. The lowest BCUT2D eigenvalue weighted by Crippen LogP contribution is -2.35. The van der Waals surface area contributed by atoms with E-state index in [1.165, 1.54) is 0 Å². The third-order valence-electron chi connectivity index (χ3n) is 3.08. The number of halogens is 1. The first-order chi connectivity index (χ1) is 9.19. The molecule has 19 heavy (non-hydrogen) atoms. The van der Waals surface area contributed by atoms with Gasteiger partial charge in [0.2, 0.25) is 0 Å². The number of aromatic nitrogens is 1. The number of nitrogens with one attached hydrogen (secondary N) is 2. The van der Waals surface area contributed by atoms with Crippen LogP contribution in [0.2, 0.25) is 5.15 Å². The van der Waals surface area contributed by atoms with Crippen LogP contribution in [0.25, 0.3) is 0 Å². The summed E-state index contributed by atoms with van der Waals surface area (Å²) >= 11 is 5.87. The van der Waals surface area contributed by atoms with Gasteiger partial charge in [-0.25, -0.2) is 4.98 Å². The number of hydrogen-bond donors (Lipinski definition) is 2. The third-order valence-corrected chi connectivity index (χ3v) is 3.27. The van der Waals surface area contributed by atoms with Crippen molar-refractivity contribution >= 4 is 23.3 Å². The number of anilines is 1. The zero-order valence-electron chi connectivity index (χ0n) is 10.9. The van der Waals surface area contributed by atoms with Crippen LogP contribution in [0.5, 0.6) is 0 Å². The first kappa shape index (κ1) is 14.1. The van der Waals surface area contributed by atoms with E-state index < -0.39 is 0 Å². The van der Waals surface area contributed by atoms with Gasteiger partial charge < -0.3 is 15.4 Å². The van der Waals surface area contributed by atoms with Gasteiger partial charge in [-0.1, -0.05) is 11.6 Å². The monoisotopic (exact) mass is 283 g/mol. The van der Waals surface area contributed by atoms with Gasteiger partial charge in [0.25, 0.3) is 5.91 Å². The van der Waals surface area contributed by atoms with Crippen molar-refractivity contribution in [3.8, 4) is 0 Å². The third kappa shape index (κ3) is 4.08. The molecule has 2 heterocycles. The molecule has 2 N–H and O–H groups in total. The summed E-state index contributed by atoms with van der Waals surface area (Å²) in [5.41, 5.74) is 0.500. The fraction of sp³-hybridized carbons (Fsp3) is 0.538. The number of rotatable bonds is 4. The highest BCUT2D eigenvalue weighted by Crippen LogP contribution is 2.15. The van der Waals surface area contributed by atoms with Crippen LogP contribution in [0, 0.1) is 0 Å². The van der Waals surface area contributed by atoms with Crippen LogP contribution in [0.3, 0.4) is 0 Å². The molecule has 0 saturated carbocycles. The predicted molar refractivity (Wildman–Crippen MR) is 74.7 cm³/mol. The Morgan fingerprint density at radius 1 is 1.53 bits per heavy atom. The Labute approximate surface area is 117 Å². The number of nitrogens with zero attached hydrogens (tertiary/aromatic N) is 1. The minimum Gasteiger partial charge on any atom is -0.376 e. The molecular formula is C13H18ClN3O2. The van der Waals surface area contributed by atoms with Crippen molar-refractivity contribution in [1.29, 1.82) is 0 Å². The van der Waals surface area contributed by atoms with Gasteiger partial charge in [0.1, 0.15) is 11.0 Å². The molecule has 0 radical (unpaired) electrons. The second-order valence-electron chi connectivity index (χ2n) is 4.51. The lowest BCUT2D eigenvalue weighted by molar-refractivity contribution is 0.0169. The second kappa shape index (κ2) is 6.73. The summed E-state index contributed by atoms with van der Waals surface area (Å²) in [4.78, 5) is 16.1. The molecule has 1 amide bonds. The molecule has 0 aliphatic carbocycles. The molecular weight excluding hydrogens is 266 g/mol. The fourth-order valence-electron chi connectivity index (χ4n) is 2.03. The van der Waals surface area contributed by atoms with E-state index in [1.54, 1.807) is 19.2 Å². The Morgan fingerprint density at radius 2 is 2.37 bits per heavy atom. The number of carbonyl (C=O) groups is 1. The molecule has 0 spiro atoms. The van der Waals surface area contributed by atoms with E-state index >= 15 is 0 Å². The van der Waals surface area contributed by atoms with Crippen LogP contribution in [0.15, 0.2) is 12.1 Å². The van der Waals surface area contributed by atoms with Gasteiger partial charge in [0, 0.05) is 25.8 Å². The molecule has 1 aromatic rings. The molecule has 1 aliphatic heterocycles. The number of amides is 1. The van der Waals surface area contributed by atoms with Crippen molar-refractivity contribution in [2.24, 2.45) is 0 Å². The predicted octanol–water partition coefficient (Wildman–Crippen LogP) is 2.08. The molecule has 1 saturated heterocycles. The largest absolute Gasteiger partial charge is 0.376 e. The average Bonchev–Trinajstić information content (AvgIpc) is 2.45. The summed E-state index contributed by atoms with van der Waals surface area (Å²) in [5, 5.41) is 6.03. The van der Waals surface area contributed by atoms with E-state index in [9.17, 15) is 4.79 Å². The zero-order chi connectivity index (χ0) is 13.7. The first-order valence-electron chi connectivity index (χ1n) is 6.44. The van der Waals surface area contributed by atoms with E-state index in [0.717, 1.165) is 25.9 Å². The van der Waals surface area contributed by atoms with Crippen molar-refractivity contribution in [1.82, 2.24) is 10.3 Å². The molecule has 1 unspecified atom stereocenters. The normalized spacial score (nSPS) is 18.9. The van der Waals surface area contributed by atoms with Gasteiger partial charge in [-0.05, 0) is 31.4 Å². The van der Waals surface area contributed by atoms with Gasteiger partial charge in [-0.3, -0.25) is 4.79 Å². The van der Waals surface area contributed by atoms with Crippen molar-refractivity contribution in [2.45, 2.75) is 25.4 Å². The highest BCUT2D eigenvalue weighted by Gasteiger charge is 2.16. The lowest BCUT2D eigenvalue weighted by atomic mass is 10.1. The number of pyridine rings is 1. The number of ether oxygens (including phenoxy) is 1. The molecule has 0 bridgehead atoms. The van der Waals surface area contributed by atoms with E-state index in [0.29, 0.717) is 23.1 Å². The Bertz CT molecular complexity index is 448. The average molecular weight is 284 g/mol. The van der Waals surface area contributed by atoms with Gasteiger partial charge in [-0.2, -0.15) is 0 Å². The molecule has 5 nitrogen and oxygen atoms in total. The Kier molecular flexibility index (Phi) is 4.99. The van der Waals surface area contributed by atoms with Crippen molar-refractivity contribution < 1.29 is 9.53 Å². The van der Waals surface area contributed by atoms with Crippen molar-refractivity contribution in [2.75, 3.05) is 25.5 Å². The topological polar surface area (TPSA) is 63.2 Å². The number of hydrogen-bond acceptors (Lipinski definition) is 4. The van der Waals surface area contributed by atoms with E-state index in [4.69, 9.17) is 16.3 Å². The zero-order valence-corrected chi connectivity index (χ0v) is 11.7. The van der Waals surface area contributed by atoms with Crippen LogP contribution >= 0.6 is 11.6 Å². The molecule has 1 aliphatic rings. The van der Waals surface area contributed by atoms with Crippen molar-refractivity contribution in [3.05, 3.63) is 22.8 Å². The molecule has 1 fully saturated rings. The maximum Gasteiger partial charge on any atom is 0.251 e.